The number of carbonyl (C=O) groups is 1. The highest BCUT2D eigenvalue weighted by atomic mass is 16.1. The normalized spacial score (nSPS) is 17.3. The first-order valence-corrected chi connectivity index (χ1v) is 10.9. The molecule has 1 saturated heterocycles. The summed E-state index contributed by atoms with van der Waals surface area (Å²) >= 11 is 0. The lowest BCUT2D eigenvalue weighted by molar-refractivity contribution is -0.959. The minimum atomic E-state index is 0.0971. The van der Waals surface area contributed by atoms with Gasteiger partial charge in [-0.1, -0.05) is 55.0 Å². The van der Waals surface area contributed by atoms with Gasteiger partial charge in [-0.2, -0.15) is 0 Å². The molecule has 3 rings (SSSR count). The van der Waals surface area contributed by atoms with Crippen LogP contribution in [0.5, 0.6) is 0 Å². The Morgan fingerprint density at radius 3 is 2.21 bits per heavy atom. The molecule has 2 aromatic rings. The number of nitrogens with zero attached hydrogens (tertiary/aromatic N) is 1. The van der Waals surface area contributed by atoms with Crippen molar-refractivity contribution in [1.82, 2.24) is 0 Å². The zero-order valence-electron chi connectivity index (χ0n) is 18.1. The Bertz CT molecular complexity index is 797. The summed E-state index contributed by atoms with van der Waals surface area (Å²) in [6.45, 7) is 11.9. The summed E-state index contributed by atoms with van der Waals surface area (Å²) in [5.41, 5.74) is 6.40. The summed E-state index contributed by atoms with van der Waals surface area (Å²) in [4.78, 5) is 13.6. The van der Waals surface area contributed by atoms with E-state index in [4.69, 9.17) is 0 Å². The van der Waals surface area contributed by atoms with E-state index < -0.39 is 0 Å². The Kier molecular flexibility index (Phi) is 6.72. The van der Waals surface area contributed by atoms with E-state index in [0.717, 1.165) is 30.5 Å². The first-order chi connectivity index (χ1) is 13.4. The van der Waals surface area contributed by atoms with Crippen LogP contribution >= 0.6 is 0 Å². The molecule has 1 aliphatic rings. The first-order valence-electron chi connectivity index (χ1n) is 10.9. The van der Waals surface area contributed by atoms with Crippen LogP contribution in [0, 0.1) is 20.8 Å². The number of ketones is 1. The van der Waals surface area contributed by atoms with Gasteiger partial charge in [0.05, 0.1) is 13.1 Å². The lowest BCUT2D eigenvalue weighted by Crippen LogP contribution is -2.60. The zero-order chi connectivity index (χ0) is 20.1. The van der Waals surface area contributed by atoms with E-state index in [2.05, 4.69) is 70.2 Å². The van der Waals surface area contributed by atoms with Gasteiger partial charge in [-0.15, -0.1) is 0 Å². The van der Waals surface area contributed by atoms with E-state index in [1.54, 1.807) is 0 Å². The zero-order valence-corrected chi connectivity index (χ0v) is 18.1. The summed E-state index contributed by atoms with van der Waals surface area (Å²) < 4.78 is 0.948. The number of carbonyl (C=O) groups excluding carboxylic acids is 1. The molecule has 1 fully saturated rings. The third kappa shape index (κ3) is 4.55. The van der Waals surface area contributed by atoms with Crippen LogP contribution < -0.4 is 0 Å². The van der Waals surface area contributed by atoms with Crippen molar-refractivity contribution in [3.05, 3.63) is 70.3 Å². The van der Waals surface area contributed by atoms with Crippen LogP contribution in [0.3, 0.4) is 0 Å². The van der Waals surface area contributed by atoms with Crippen LogP contribution in [0.4, 0.5) is 0 Å². The second kappa shape index (κ2) is 9.05. The number of hydrogen-bond donors (Lipinski definition) is 0. The number of piperidine rings is 1. The van der Waals surface area contributed by atoms with Crippen LogP contribution in [0.2, 0.25) is 0 Å². The number of quaternary nitrogens is 1. The Hall–Kier alpha value is -1.93. The van der Waals surface area contributed by atoms with Crippen LogP contribution in [-0.4, -0.2) is 29.4 Å². The Morgan fingerprint density at radius 1 is 0.964 bits per heavy atom. The van der Waals surface area contributed by atoms with Crippen molar-refractivity contribution in [3.8, 4) is 0 Å². The van der Waals surface area contributed by atoms with Crippen molar-refractivity contribution in [2.45, 2.75) is 72.4 Å². The molecule has 0 N–H and O–H groups in total. The molecule has 0 amide bonds. The molecule has 2 nitrogen and oxygen atoms in total. The van der Waals surface area contributed by atoms with Crippen LogP contribution in [0.25, 0.3) is 0 Å². The molecule has 1 unspecified atom stereocenters. The fourth-order valence-corrected chi connectivity index (χ4v) is 5.24. The fourth-order valence-electron chi connectivity index (χ4n) is 5.24. The van der Waals surface area contributed by atoms with Crippen molar-refractivity contribution in [3.63, 3.8) is 0 Å². The van der Waals surface area contributed by atoms with Crippen molar-refractivity contribution >= 4 is 5.78 Å². The Labute approximate surface area is 171 Å². The molecule has 1 atom stereocenters. The summed E-state index contributed by atoms with van der Waals surface area (Å²) in [5.74, 6) is 0.425. The number of aryl methyl sites for hydroxylation is 3. The average molecular weight is 379 g/mol. The van der Waals surface area contributed by atoms with Crippen LogP contribution in [-0.2, 0) is 17.8 Å². The molecule has 150 valence electrons. The van der Waals surface area contributed by atoms with Crippen LogP contribution in [0.15, 0.2) is 42.5 Å². The molecule has 0 spiro atoms. The molecule has 1 aliphatic heterocycles. The highest BCUT2D eigenvalue weighted by Gasteiger charge is 2.41. The SMILES string of the molecule is CCC(C(=O)Cc1c(C)cccc1C)[N+]1(Cc2cccc(C)c2)CCCCC1. The highest BCUT2D eigenvalue weighted by molar-refractivity contribution is 5.85. The van der Waals surface area contributed by atoms with Crippen molar-refractivity contribution in [2.24, 2.45) is 0 Å². The molecular weight excluding hydrogens is 342 g/mol. The maximum Gasteiger partial charge on any atom is 0.194 e. The number of Topliss-reactive ketones (excluding diaryl/α,β-unsaturated/α-hetero) is 1. The van der Waals surface area contributed by atoms with E-state index in [-0.39, 0.29) is 6.04 Å². The first kappa shape index (κ1) is 20.8. The second-order valence-corrected chi connectivity index (χ2v) is 8.81. The third-order valence-corrected chi connectivity index (χ3v) is 6.70. The maximum absolute atomic E-state index is 13.6. The molecule has 28 heavy (non-hydrogen) atoms. The third-order valence-electron chi connectivity index (χ3n) is 6.70. The molecule has 0 radical (unpaired) electrons. The fraction of sp³-hybridized carbons (Fsp3) is 0.500. The summed E-state index contributed by atoms with van der Waals surface area (Å²) in [6.07, 6.45) is 5.27. The van der Waals surface area contributed by atoms with Gasteiger partial charge in [-0.25, -0.2) is 0 Å². The van der Waals surface area contributed by atoms with Gasteiger partial charge in [0.2, 0.25) is 0 Å². The highest BCUT2D eigenvalue weighted by Crippen LogP contribution is 2.30. The molecule has 0 aliphatic carbocycles. The van der Waals surface area contributed by atoms with Gasteiger partial charge in [-0.3, -0.25) is 4.79 Å². The molecule has 0 bridgehead atoms. The quantitative estimate of drug-likeness (QED) is 0.565. The smallest absolute Gasteiger partial charge is 0.194 e. The van der Waals surface area contributed by atoms with Gasteiger partial charge in [0.15, 0.2) is 5.78 Å². The Balaban J connectivity index is 1.89. The van der Waals surface area contributed by atoms with Gasteiger partial charge in [0, 0.05) is 18.4 Å². The van der Waals surface area contributed by atoms with E-state index in [1.165, 1.54) is 47.1 Å². The minimum absolute atomic E-state index is 0.0971. The maximum atomic E-state index is 13.6. The van der Waals surface area contributed by atoms with E-state index in [1.807, 2.05) is 0 Å². The lowest BCUT2D eigenvalue weighted by atomic mass is 9.91. The molecule has 0 saturated carbocycles. The minimum Gasteiger partial charge on any atom is -0.311 e. The summed E-state index contributed by atoms with van der Waals surface area (Å²) in [5, 5.41) is 0. The number of hydrogen-bond acceptors (Lipinski definition) is 1. The predicted octanol–water partition coefficient (Wildman–Crippen LogP) is 5.70. The van der Waals surface area contributed by atoms with Gasteiger partial charge >= 0.3 is 0 Å². The standard InChI is InChI=1S/C26H36NO/c1-5-25(26(28)18-24-21(3)12-10-13-22(24)4)27(15-7-6-8-16-27)19-23-14-9-11-20(2)17-23/h9-14,17,25H,5-8,15-16,18-19H2,1-4H3/q+1. The number of rotatable bonds is 7. The van der Waals surface area contributed by atoms with Gasteiger partial charge < -0.3 is 4.48 Å². The summed E-state index contributed by atoms with van der Waals surface area (Å²) in [6, 6.07) is 15.3. The van der Waals surface area contributed by atoms with Crippen molar-refractivity contribution in [2.75, 3.05) is 13.1 Å². The van der Waals surface area contributed by atoms with Crippen molar-refractivity contribution < 1.29 is 9.28 Å². The molecule has 2 heteroatoms. The number of likely N-dealkylation sites (tertiary alicyclic amines) is 1. The van der Waals surface area contributed by atoms with Crippen LogP contribution in [0.1, 0.15) is 60.4 Å². The molecule has 2 aromatic carbocycles. The molecule has 1 heterocycles. The topological polar surface area (TPSA) is 17.1 Å². The van der Waals surface area contributed by atoms with Crippen molar-refractivity contribution in [1.29, 1.82) is 0 Å². The monoisotopic (exact) mass is 378 g/mol. The van der Waals surface area contributed by atoms with E-state index in [9.17, 15) is 4.79 Å². The van der Waals surface area contributed by atoms with Gasteiger partial charge in [0.25, 0.3) is 0 Å². The molecular formula is C26H36NO+. The average Bonchev–Trinajstić information content (AvgIpc) is 2.66. The van der Waals surface area contributed by atoms with Gasteiger partial charge in [0.1, 0.15) is 12.6 Å². The molecule has 0 aromatic heterocycles. The largest absolute Gasteiger partial charge is 0.311 e. The van der Waals surface area contributed by atoms with E-state index in [0.29, 0.717) is 12.2 Å². The predicted molar refractivity (Wildman–Crippen MR) is 117 cm³/mol. The Morgan fingerprint density at radius 2 is 1.61 bits per heavy atom. The van der Waals surface area contributed by atoms with E-state index >= 15 is 0 Å². The van der Waals surface area contributed by atoms with Gasteiger partial charge in [-0.05, 0) is 56.7 Å². The number of benzene rings is 2. The summed E-state index contributed by atoms with van der Waals surface area (Å²) in [7, 11) is 0. The lowest BCUT2D eigenvalue weighted by Gasteiger charge is -2.46. The second-order valence-electron chi connectivity index (χ2n) is 8.81.